The first-order chi connectivity index (χ1) is 12.3. The van der Waals surface area contributed by atoms with Crippen molar-refractivity contribution in [1.29, 1.82) is 0 Å². The van der Waals surface area contributed by atoms with Crippen molar-refractivity contribution in [2.75, 3.05) is 31.1 Å². The molecular formula is C16H23Cl2IN4O3S. The molecule has 7 nitrogen and oxygen atoms in total. The van der Waals surface area contributed by atoms with Crippen LogP contribution < -0.4 is 16.0 Å². The number of nitrogens with one attached hydrogen (secondary N) is 3. The molecule has 0 saturated carbocycles. The minimum absolute atomic E-state index is 0. The second-order valence-electron chi connectivity index (χ2n) is 5.89. The molecule has 11 heteroatoms. The summed E-state index contributed by atoms with van der Waals surface area (Å²) >= 11 is 11.7. The van der Waals surface area contributed by atoms with Crippen LogP contribution >= 0.6 is 47.2 Å². The Labute approximate surface area is 186 Å². The number of aliphatic imine (C=N–C) groups is 1. The van der Waals surface area contributed by atoms with Crippen LogP contribution in [0.3, 0.4) is 0 Å². The fourth-order valence-corrected chi connectivity index (χ4v) is 4.47. The summed E-state index contributed by atoms with van der Waals surface area (Å²) in [4.78, 5) is 16.4. The molecule has 1 aliphatic rings. The van der Waals surface area contributed by atoms with Gasteiger partial charge in [-0.1, -0.05) is 23.2 Å². The quantitative estimate of drug-likeness (QED) is 0.219. The first-order valence-corrected chi connectivity index (χ1v) is 10.9. The summed E-state index contributed by atoms with van der Waals surface area (Å²) in [5.41, 5.74) is 0.421. The third-order valence-electron chi connectivity index (χ3n) is 3.77. The van der Waals surface area contributed by atoms with Crippen LogP contribution in [0, 0.1) is 0 Å². The van der Waals surface area contributed by atoms with Crippen molar-refractivity contribution in [2.24, 2.45) is 4.99 Å². The smallest absolute Gasteiger partial charge is 0.251 e. The predicted molar refractivity (Wildman–Crippen MR) is 120 cm³/mol. The molecule has 1 saturated heterocycles. The molecule has 1 atom stereocenters. The first kappa shape index (κ1) is 24.3. The van der Waals surface area contributed by atoms with E-state index in [2.05, 4.69) is 20.9 Å². The highest BCUT2D eigenvalue weighted by Crippen LogP contribution is 2.22. The van der Waals surface area contributed by atoms with Crippen molar-refractivity contribution in [3.63, 3.8) is 0 Å². The number of carbonyl (C=O) groups is 1. The normalized spacial score (nSPS) is 18.5. The molecule has 1 aliphatic heterocycles. The van der Waals surface area contributed by atoms with Crippen molar-refractivity contribution in [3.8, 4) is 0 Å². The summed E-state index contributed by atoms with van der Waals surface area (Å²) in [6.45, 7) is 3.26. The Hall–Kier alpha value is -0.780. The standard InChI is InChI=1S/C16H22Cl2N4O3S.HI/c1-2-19-16(22-12-5-8-26(24,25)10-12)21-7-6-20-15(23)11-3-4-13(17)14(18)9-11;/h3-4,9,12H,2,5-8,10H2,1H3,(H,20,23)(H2,19,21,22);1H. The lowest BCUT2D eigenvalue weighted by Gasteiger charge is -2.15. The molecule has 0 bridgehead atoms. The zero-order valence-electron chi connectivity index (χ0n) is 14.8. The van der Waals surface area contributed by atoms with E-state index >= 15 is 0 Å². The van der Waals surface area contributed by atoms with Crippen molar-refractivity contribution in [1.82, 2.24) is 16.0 Å². The molecule has 3 N–H and O–H groups in total. The van der Waals surface area contributed by atoms with E-state index in [0.29, 0.717) is 47.6 Å². The number of rotatable bonds is 6. The Morgan fingerprint density at radius 1 is 1.26 bits per heavy atom. The Bertz CT molecular complexity index is 790. The third kappa shape index (κ3) is 8.00. The molecule has 27 heavy (non-hydrogen) atoms. The second-order valence-corrected chi connectivity index (χ2v) is 8.93. The van der Waals surface area contributed by atoms with Crippen LogP contribution in [0.5, 0.6) is 0 Å². The van der Waals surface area contributed by atoms with Gasteiger partial charge in [-0.25, -0.2) is 8.42 Å². The third-order valence-corrected chi connectivity index (χ3v) is 6.27. The molecule has 1 fully saturated rings. The minimum Gasteiger partial charge on any atom is -0.357 e. The lowest BCUT2D eigenvalue weighted by atomic mass is 10.2. The monoisotopic (exact) mass is 548 g/mol. The molecule has 0 aromatic heterocycles. The fourth-order valence-electron chi connectivity index (χ4n) is 2.50. The van der Waals surface area contributed by atoms with Crippen molar-refractivity contribution in [3.05, 3.63) is 33.8 Å². The Morgan fingerprint density at radius 3 is 2.59 bits per heavy atom. The van der Waals surface area contributed by atoms with E-state index in [9.17, 15) is 13.2 Å². The zero-order valence-corrected chi connectivity index (χ0v) is 19.5. The minimum atomic E-state index is -2.95. The average molecular weight is 549 g/mol. The van der Waals surface area contributed by atoms with E-state index < -0.39 is 9.84 Å². The molecule has 152 valence electrons. The van der Waals surface area contributed by atoms with Gasteiger partial charge in [0.25, 0.3) is 5.91 Å². The highest BCUT2D eigenvalue weighted by Gasteiger charge is 2.28. The summed E-state index contributed by atoms with van der Waals surface area (Å²) in [7, 11) is -2.95. The summed E-state index contributed by atoms with van der Waals surface area (Å²) in [5.74, 6) is 0.590. The molecule has 0 spiro atoms. The molecule has 1 heterocycles. The van der Waals surface area contributed by atoms with Gasteiger partial charge >= 0.3 is 0 Å². The van der Waals surface area contributed by atoms with E-state index in [1.807, 2.05) is 6.92 Å². The highest BCUT2D eigenvalue weighted by molar-refractivity contribution is 14.0. The fraction of sp³-hybridized carbons (Fsp3) is 0.500. The number of sulfone groups is 1. The van der Waals surface area contributed by atoms with Crippen LogP contribution in [-0.2, 0) is 9.84 Å². The number of amides is 1. The van der Waals surface area contributed by atoms with Gasteiger partial charge in [-0.05, 0) is 31.5 Å². The van der Waals surface area contributed by atoms with E-state index in [1.54, 1.807) is 12.1 Å². The Kier molecular flexibility index (Phi) is 10.1. The number of benzene rings is 1. The van der Waals surface area contributed by atoms with Gasteiger partial charge in [-0.15, -0.1) is 24.0 Å². The summed E-state index contributed by atoms with van der Waals surface area (Å²) in [5, 5.41) is 9.65. The molecular weight excluding hydrogens is 526 g/mol. The van der Waals surface area contributed by atoms with Crippen LogP contribution in [0.1, 0.15) is 23.7 Å². The summed E-state index contributed by atoms with van der Waals surface area (Å²) in [6.07, 6.45) is 0.570. The topological polar surface area (TPSA) is 99.7 Å². The SMILES string of the molecule is CCNC(=NCCNC(=O)c1ccc(Cl)c(Cl)c1)NC1CCS(=O)(=O)C1.I. The van der Waals surface area contributed by atoms with E-state index in [0.717, 1.165) is 0 Å². The molecule has 1 unspecified atom stereocenters. The number of carbonyl (C=O) groups excluding carboxylic acids is 1. The molecule has 1 amide bonds. The van der Waals surface area contributed by atoms with Gasteiger partial charge in [-0.3, -0.25) is 9.79 Å². The van der Waals surface area contributed by atoms with Crippen LogP contribution in [-0.4, -0.2) is 57.5 Å². The van der Waals surface area contributed by atoms with Gasteiger partial charge in [-0.2, -0.15) is 0 Å². The average Bonchev–Trinajstić information content (AvgIpc) is 2.92. The number of hydrogen-bond donors (Lipinski definition) is 3. The number of hydrogen-bond acceptors (Lipinski definition) is 4. The first-order valence-electron chi connectivity index (χ1n) is 8.29. The maximum absolute atomic E-state index is 12.1. The number of halogens is 3. The summed E-state index contributed by atoms with van der Waals surface area (Å²) in [6, 6.07) is 4.54. The van der Waals surface area contributed by atoms with E-state index in [4.69, 9.17) is 23.2 Å². The Morgan fingerprint density at radius 2 is 2.00 bits per heavy atom. The lowest BCUT2D eigenvalue weighted by Crippen LogP contribution is -2.44. The number of nitrogens with zero attached hydrogens (tertiary/aromatic N) is 1. The maximum Gasteiger partial charge on any atom is 0.251 e. The van der Waals surface area contributed by atoms with Crippen LogP contribution in [0.4, 0.5) is 0 Å². The Balaban J connectivity index is 0.00000364. The molecule has 1 aromatic carbocycles. The molecule has 1 aromatic rings. The zero-order chi connectivity index (χ0) is 19.2. The van der Waals surface area contributed by atoms with E-state index in [1.165, 1.54) is 6.07 Å². The van der Waals surface area contributed by atoms with Crippen molar-refractivity contribution in [2.45, 2.75) is 19.4 Å². The van der Waals surface area contributed by atoms with Gasteiger partial charge in [0.1, 0.15) is 0 Å². The largest absolute Gasteiger partial charge is 0.357 e. The highest BCUT2D eigenvalue weighted by atomic mass is 127. The molecule has 0 aliphatic carbocycles. The van der Waals surface area contributed by atoms with Crippen LogP contribution in [0.25, 0.3) is 0 Å². The van der Waals surface area contributed by atoms with Gasteiger partial charge < -0.3 is 16.0 Å². The molecule has 0 radical (unpaired) electrons. The van der Waals surface area contributed by atoms with Gasteiger partial charge in [0.15, 0.2) is 15.8 Å². The number of guanidine groups is 1. The van der Waals surface area contributed by atoms with Gasteiger partial charge in [0.2, 0.25) is 0 Å². The van der Waals surface area contributed by atoms with Gasteiger partial charge in [0, 0.05) is 24.7 Å². The van der Waals surface area contributed by atoms with Crippen molar-refractivity contribution >= 4 is 68.9 Å². The van der Waals surface area contributed by atoms with E-state index in [-0.39, 0.29) is 47.4 Å². The van der Waals surface area contributed by atoms with Crippen molar-refractivity contribution < 1.29 is 13.2 Å². The summed E-state index contributed by atoms with van der Waals surface area (Å²) < 4.78 is 23.1. The maximum atomic E-state index is 12.1. The lowest BCUT2D eigenvalue weighted by molar-refractivity contribution is 0.0955. The van der Waals surface area contributed by atoms with Crippen LogP contribution in [0.2, 0.25) is 10.0 Å². The second kappa shape index (κ2) is 11.3. The molecule has 2 rings (SSSR count). The predicted octanol–water partition coefficient (Wildman–Crippen LogP) is 2.08. The van der Waals surface area contributed by atoms with Crippen LogP contribution in [0.15, 0.2) is 23.2 Å². The van der Waals surface area contributed by atoms with Gasteiger partial charge in [0.05, 0.1) is 28.1 Å².